The van der Waals surface area contributed by atoms with Crippen molar-refractivity contribution in [3.8, 4) is 0 Å². The predicted molar refractivity (Wildman–Crippen MR) is 81.0 cm³/mol. The third-order valence-electron chi connectivity index (χ3n) is 3.41. The van der Waals surface area contributed by atoms with E-state index in [0.29, 0.717) is 11.3 Å². The molecule has 3 heteroatoms. The monoisotopic (exact) mass is 273 g/mol. The first kappa shape index (κ1) is 14.5. The lowest BCUT2D eigenvalue weighted by atomic mass is 10.1. The second-order valence-electron chi connectivity index (χ2n) is 5.29. The Morgan fingerprint density at radius 2 is 1.65 bits per heavy atom. The number of aliphatic hydroxyl groups excluding tert-OH is 1. The van der Waals surface area contributed by atoms with Gasteiger partial charge in [0.05, 0.1) is 11.8 Å². The highest BCUT2D eigenvalue weighted by Crippen LogP contribution is 2.29. The second kappa shape index (κ2) is 5.63. The van der Waals surface area contributed by atoms with Crippen LogP contribution in [0.25, 0.3) is 0 Å². The lowest BCUT2D eigenvalue weighted by molar-refractivity contribution is 0.199. The van der Waals surface area contributed by atoms with Crippen LogP contribution in [0, 0.1) is 19.7 Å². The van der Waals surface area contributed by atoms with Crippen LogP contribution < -0.4 is 4.90 Å². The Kier molecular flexibility index (Phi) is 4.09. The van der Waals surface area contributed by atoms with Gasteiger partial charge in [-0.3, -0.25) is 0 Å². The largest absolute Gasteiger partial charge is 0.389 e. The zero-order chi connectivity index (χ0) is 14.9. The fraction of sp³-hybridized carbons (Fsp3) is 0.294. The molecule has 1 N–H and O–H groups in total. The summed E-state index contributed by atoms with van der Waals surface area (Å²) in [5.74, 6) is -0.329. The van der Waals surface area contributed by atoms with Crippen molar-refractivity contribution in [2.45, 2.75) is 26.9 Å². The molecule has 0 aliphatic heterocycles. The molecule has 2 aromatic rings. The molecule has 0 bridgehead atoms. The molecule has 0 fully saturated rings. The van der Waals surface area contributed by atoms with Gasteiger partial charge in [-0.15, -0.1) is 0 Å². The molecule has 0 saturated heterocycles. The van der Waals surface area contributed by atoms with Gasteiger partial charge in [0.15, 0.2) is 0 Å². The van der Waals surface area contributed by atoms with E-state index in [2.05, 4.69) is 6.07 Å². The highest BCUT2D eigenvalue weighted by Gasteiger charge is 2.12. The van der Waals surface area contributed by atoms with Crippen LogP contribution in [-0.4, -0.2) is 12.2 Å². The highest BCUT2D eigenvalue weighted by atomic mass is 19.1. The summed E-state index contributed by atoms with van der Waals surface area (Å²) in [4.78, 5) is 1.82. The van der Waals surface area contributed by atoms with Gasteiger partial charge in [-0.1, -0.05) is 12.1 Å². The molecular weight excluding hydrogens is 253 g/mol. The third-order valence-corrected chi connectivity index (χ3v) is 3.41. The minimum Gasteiger partial charge on any atom is -0.389 e. The topological polar surface area (TPSA) is 23.5 Å². The number of hydrogen-bond acceptors (Lipinski definition) is 2. The number of halogens is 1. The summed E-state index contributed by atoms with van der Waals surface area (Å²) in [5, 5.41) is 9.49. The second-order valence-corrected chi connectivity index (χ2v) is 5.29. The van der Waals surface area contributed by atoms with Gasteiger partial charge in [-0.2, -0.15) is 0 Å². The van der Waals surface area contributed by atoms with Crippen LogP contribution in [0.3, 0.4) is 0 Å². The number of rotatable bonds is 3. The van der Waals surface area contributed by atoms with Gasteiger partial charge in [0.2, 0.25) is 0 Å². The van der Waals surface area contributed by atoms with Crippen molar-refractivity contribution in [1.29, 1.82) is 0 Å². The maximum absolute atomic E-state index is 14.2. The van der Waals surface area contributed by atoms with Crippen LogP contribution in [0.15, 0.2) is 36.4 Å². The molecule has 2 rings (SSSR count). The Bertz CT molecular complexity index is 602. The Balaban J connectivity index is 2.40. The minimum absolute atomic E-state index is 0.329. The molecular formula is C17H20FNO. The van der Waals surface area contributed by atoms with E-state index >= 15 is 0 Å². The van der Waals surface area contributed by atoms with Crippen molar-refractivity contribution in [2.24, 2.45) is 0 Å². The molecule has 0 aliphatic rings. The molecule has 0 radical (unpaired) electrons. The maximum atomic E-state index is 14.2. The smallest absolute Gasteiger partial charge is 0.147 e. The van der Waals surface area contributed by atoms with E-state index in [9.17, 15) is 9.50 Å². The van der Waals surface area contributed by atoms with E-state index in [4.69, 9.17) is 0 Å². The van der Waals surface area contributed by atoms with E-state index in [1.54, 1.807) is 19.1 Å². The average Bonchev–Trinajstić information content (AvgIpc) is 2.36. The summed E-state index contributed by atoms with van der Waals surface area (Å²) in [6.45, 7) is 5.68. The van der Waals surface area contributed by atoms with E-state index in [-0.39, 0.29) is 5.82 Å². The third kappa shape index (κ3) is 2.99. The summed E-state index contributed by atoms with van der Waals surface area (Å²) in [5.41, 5.74) is 4.33. The van der Waals surface area contributed by atoms with Gasteiger partial charge in [-0.25, -0.2) is 4.39 Å². The maximum Gasteiger partial charge on any atom is 0.147 e. The molecule has 0 heterocycles. The van der Waals surface area contributed by atoms with Gasteiger partial charge in [0.1, 0.15) is 5.82 Å². The Labute approximate surface area is 119 Å². The van der Waals surface area contributed by atoms with Crippen LogP contribution >= 0.6 is 0 Å². The summed E-state index contributed by atoms with van der Waals surface area (Å²) in [7, 11) is 1.84. The Morgan fingerprint density at radius 1 is 1.05 bits per heavy atom. The molecule has 20 heavy (non-hydrogen) atoms. The van der Waals surface area contributed by atoms with Gasteiger partial charge in [0, 0.05) is 12.7 Å². The molecule has 0 spiro atoms. The van der Waals surface area contributed by atoms with Crippen LogP contribution in [0.4, 0.5) is 15.8 Å². The van der Waals surface area contributed by atoms with Crippen molar-refractivity contribution in [2.75, 3.05) is 11.9 Å². The lowest BCUT2D eigenvalue weighted by Gasteiger charge is -2.22. The lowest BCUT2D eigenvalue weighted by Crippen LogP contribution is -2.12. The van der Waals surface area contributed by atoms with Crippen molar-refractivity contribution in [1.82, 2.24) is 0 Å². The highest BCUT2D eigenvalue weighted by molar-refractivity contribution is 5.64. The number of benzene rings is 2. The quantitative estimate of drug-likeness (QED) is 0.903. The van der Waals surface area contributed by atoms with Crippen LogP contribution in [0.5, 0.6) is 0 Å². The zero-order valence-corrected chi connectivity index (χ0v) is 12.3. The number of hydrogen-bond donors (Lipinski definition) is 1. The van der Waals surface area contributed by atoms with Crippen LogP contribution in [0.2, 0.25) is 0 Å². The first-order chi connectivity index (χ1) is 9.38. The average molecular weight is 273 g/mol. The zero-order valence-electron chi connectivity index (χ0n) is 12.3. The Morgan fingerprint density at radius 3 is 2.15 bits per heavy atom. The standard InChI is InChI=1S/C17H20FNO/c1-11-7-12(2)9-15(8-11)19(4)17-6-5-14(13(3)20)10-16(17)18/h5-10,13,20H,1-4H3/t13-/m0/s1. The first-order valence-corrected chi connectivity index (χ1v) is 6.68. The van der Waals surface area contributed by atoms with Gasteiger partial charge < -0.3 is 10.0 Å². The SMILES string of the molecule is Cc1cc(C)cc(N(C)c2ccc([C@H](C)O)cc2F)c1. The fourth-order valence-corrected chi connectivity index (χ4v) is 2.34. The van der Waals surface area contributed by atoms with Crippen molar-refractivity contribution in [3.63, 3.8) is 0 Å². The van der Waals surface area contributed by atoms with Gasteiger partial charge >= 0.3 is 0 Å². The molecule has 0 aromatic heterocycles. The number of nitrogens with zero attached hydrogens (tertiary/aromatic N) is 1. The first-order valence-electron chi connectivity index (χ1n) is 6.68. The van der Waals surface area contributed by atoms with Crippen molar-refractivity contribution in [3.05, 3.63) is 58.9 Å². The molecule has 106 valence electrons. The summed E-state index contributed by atoms with van der Waals surface area (Å²) in [6, 6.07) is 11.0. The predicted octanol–water partition coefficient (Wildman–Crippen LogP) is 4.26. The fourth-order valence-electron chi connectivity index (χ4n) is 2.34. The molecule has 1 atom stereocenters. The molecule has 0 saturated carbocycles. The molecule has 2 aromatic carbocycles. The molecule has 0 aliphatic carbocycles. The van der Waals surface area contributed by atoms with Gasteiger partial charge in [0.25, 0.3) is 0 Å². The van der Waals surface area contributed by atoms with Crippen LogP contribution in [0.1, 0.15) is 29.7 Å². The molecule has 0 amide bonds. The molecule has 2 nitrogen and oxygen atoms in total. The van der Waals surface area contributed by atoms with E-state index in [0.717, 1.165) is 16.8 Å². The van der Waals surface area contributed by atoms with Crippen molar-refractivity contribution >= 4 is 11.4 Å². The molecule has 0 unspecified atom stereocenters. The summed E-state index contributed by atoms with van der Waals surface area (Å²) >= 11 is 0. The van der Waals surface area contributed by atoms with Crippen molar-refractivity contribution < 1.29 is 9.50 Å². The van der Waals surface area contributed by atoms with Gasteiger partial charge in [-0.05, 0) is 61.7 Å². The van der Waals surface area contributed by atoms with E-state index < -0.39 is 6.10 Å². The summed E-state index contributed by atoms with van der Waals surface area (Å²) in [6.07, 6.45) is -0.662. The van der Waals surface area contributed by atoms with E-state index in [1.807, 2.05) is 37.9 Å². The van der Waals surface area contributed by atoms with Crippen LogP contribution in [-0.2, 0) is 0 Å². The Hall–Kier alpha value is -1.87. The normalized spacial score (nSPS) is 12.3. The van der Waals surface area contributed by atoms with E-state index in [1.165, 1.54) is 6.07 Å². The minimum atomic E-state index is -0.662. The number of anilines is 2. The number of aliphatic hydroxyl groups is 1. The number of aryl methyl sites for hydroxylation is 2. The summed E-state index contributed by atoms with van der Waals surface area (Å²) < 4.78 is 14.2.